The highest BCUT2D eigenvalue weighted by Gasteiger charge is 2.24. The van der Waals surface area contributed by atoms with E-state index in [9.17, 15) is 4.79 Å². The summed E-state index contributed by atoms with van der Waals surface area (Å²) in [6.45, 7) is 1.76. The second-order valence-corrected chi connectivity index (χ2v) is 7.74. The second-order valence-electron chi connectivity index (χ2n) is 6.99. The molecule has 0 aliphatic heterocycles. The Morgan fingerprint density at radius 1 is 1.08 bits per heavy atom. The zero-order chi connectivity index (χ0) is 18.2. The van der Waals surface area contributed by atoms with Gasteiger partial charge in [-0.1, -0.05) is 49.4 Å². The van der Waals surface area contributed by atoms with E-state index in [-0.39, 0.29) is 12.1 Å². The van der Waals surface area contributed by atoms with E-state index >= 15 is 0 Å². The Balaban J connectivity index is 1.63. The average molecular weight is 378 g/mol. The fraction of sp³-hybridized carbons (Fsp3) is 0.684. The highest BCUT2D eigenvalue weighted by atomic mass is 32.1. The van der Waals surface area contributed by atoms with Gasteiger partial charge in [0, 0.05) is 6.92 Å². The number of hydrogen-bond acceptors (Lipinski definition) is 7. The highest BCUT2D eigenvalue weighted by molar-refractivity contribution is 7.08. The van der Waals surface area contributed by atoms with Gasteiger partial charge in [-0.3, -0.25) is 0 Å². The van der Waals surface area contributed by atoms with Crippen molar-refractivity contribution in [2.75, 3.05) is 0 Å². The number of nitrogens with zero attached hydrogens (tertiary/aromatic N) is 3. The third-order valence-corrected chi connectivity index (χ3v) is 5.57. The number of aromatic nitrogens is 3. The van der Waals surface area contributed by atoms with Gasteiger partial charge in [0.2, 0.25) is 0 Å². The highest BCUT2D eigenvalue weighted by Crippen LogP contribution is 2.26. The first-order valence-electron chi connectivity index (χ1n) is 9.70. The van der Waals surface area contributed by atoms with E-state index in [0.29, 0.717) is 22.2 Å². The number of hydrogen-bond donors (Lipinski definition) is 0. The normalized spacial score (nSPS) is 18.0. The molecule has 0 unspecified atom stereocenters. The summed E-state index contributed by atoms with van der Waals surface area (Å²) in [6.07, 6.45) is 14.6. The first-order valence-corrected chi connectivity index (χ1v) is 10.5. The van der Waals surface area contributed by atoms with E-state index in [0.717, 1.165) is 37.2 Å². The van der Waals surface area contributed by atoms with Crippen LogP contribution in [0.2, 0.25) is 0 Å². The molecule has 0 spiro atoms. The van der Waals surface area contributed by atoms with Crippen LogP contribution in [0, 0.1) is 6.92 Å². The molecule has 1 aliphatic carbocycles. The molecule has 2 aromatic heterocycles. The molecule has 26 heavy (non-hydrogen) atoms. The fourth-order valence-corrected chi connectivity index (χ4v) is 3.97. The van der Waals surface area contributed by atoms with E-state index in [1.165, 1.54) is 51.2 Å². The van der Waals surface area contributed by atoms with Gasteiger partial charge >= 0.3 is 5.97 Å². The number of oxazole rings is 1. The van der Waals surface area contributed by atoms with Gasteiger partial charge in [-0.05, 0) is 37.2 Å². The van der Waals surface area contributed by atoms with Crippen LogP contribution < -0.4 is 0 Å². The first kappa shape index (κ1) is 19.0. The molecule has 6 nitrogen and oxygen atoms in total. The van der Waals surface area contributed by atoms with Crippen molar-refractivity contribution >= 4 is 17.5 Å². The largest absolute Gasteiger partial charge is 0.458 e. The Hall–Kier alpha value is -1.76. The Morgan fingerprint density at radius 2 is 1.69 bits per heavy atom. The monoisotopic (exact) mass is 377 g/mol. The van der Waals surface area contributed by atoms with Crippen molar-refractivity contribution in [3.8, 4) is 11.4 Å². The molecule has 0 radical (unpaired) electrons. The van der Waals surface area contributed by atoms with Gasteiger partial charge < -0.3 is 9.15 Å². The van der Waals surface area contributed by atoms with Crippen LogP contribution in [-0.4, -0.2) is 26.6 Å². The zero-order valence-electron chi connectivity index (χ0n) is 15.4. The minimum atomic E-state index is -0.340. The second kappa shape index (κ2) is 9.80. The van der Waals surface area contributed by atoms with Crippen molar-refractivity contribution < 1.29 is 13.9 Å². The van der Waals surface area contributed by atoms with Crippen molar-refractivity contribution in [3.63, 3.8) is 0 Å². The van der Waals surface area contributed by atoms with Crippen molar-refractivity contribution in [2.24, 2.45) is 0 Å². The Labute approximate surface area is 158 Å². The molecule has 3 rings (SSSR count). The maximum Gasteiger partial charge on any atom is 0.352 e. The van der Waals surface area contributed by atoms with Crippen LogP contribution in [0.15, 0.2) is 10.7 Å². The van der Waals surface area contributed by atoms with E-state index in [4.69, 9.17) is 9.15 Å². The molecule has 0 bridgehead atoms. The summed E-state index contributed by atoms with van der Waals surface area (Å²) < 4.78 is 15.0. The molecular weight excluding hydrogens is 350 g/mol. The minimum Gasteiger partial charge on any atom is -0.458 e. The SMILES string of the molecule is Cc1nc(-c2nnsc2C(=O)OC2CCCCCCCCCCC2)co1. The quantitative estimate of drug-likeness (QED) is 0.673. The summed E-state index contributed by atoms with van der Waals surface area (Å²) in [6, 6.07) is 0. The summed E-state index contributed by atoms with van der Waals surface area (Å²) in [5.41, 5.74) is 0.979. The van der Waals surface area contributed by atoms with Gasteiger partial charge in [0.1, 0.15) is 23.8 Å². The van der Waals surface area contributed by atoms with Crippen LogP contribution in [0.4, 0.5) is 0 Å². The predicted octanol–water partition coefficient (Wildman–Crippen LogP) is 5.33. The third-order valence-electron chi connectivity index (χ3n) is 4.86. The van der Waals surface area contributed by atoms with Crippen LogP contribution in [-0.2, 0) is 4.74 Å². The van der Waals surface area contributed by atoms with Gasteiger partial charge in [-0.2, -0.15) is 0 Å². The molecule has 0 N–H and O–H groups in total. The van der Waals surface area contributed by atoms with Crippen LogP contribution in [0.3, 0.4) is 0 Å². The van der Waals surface area contributed by atoms with Gasteiger partial charge in [0.15, 0.2) is 10.8 Å². The van der Waals surface area contributed by atoms with E-state index < -0.39 is 0 Å². The predicted molar refractivity (Wildman–Crippen MR) is 100 cm³/mol. The van der Waals surface area contributed by atoms with Gasteiger partial charge in [-0.15, -0.1) is 5.10 Å². The molecule has 0 saturated heterocycles. The molecule has 1 fully saturated rings. The first-order chi connectivity index (χ1) is 12.7. The Kier molecular flexibility index (Phi) is 7.17. The molecule has 7 heteroatoms. The average Bonchev–Trinajstić information content (AvgIpc) is 3.26. The topological polar surface area (TPSA) is 78.1 Å². The maximum atomic E-state index is 12.7. The van der Waals surface area contributed by atoms with Crippen LogP contribution in [0.25, 0.3) is 11.4 Å². The fourth-order valence-electron chi connectivity index (χ4n) is 3.41. The lowest BCUT2D eigenvalue weighted by Gasteiger charge is -2.18. The van der Waals surface area contributed by atoms with E-state index in [1.54, 1.807) is 6.92 Å². The smallest absolute Gasteiger partial charge is 0.352 e. The molecule has 1 saturated carbocycles. The lowest BCUT2D eigenvalue weighted by molar-refractivity contribution is 0.0254. The number of carbonyl (C=O) groups is 1. The van der Waals surface area contributed by atoms with Gasteiger partial charge in [0.05, 0.1) is 0 Å². The van der Waals surface area contributed by atoms with Crippen molar-refractivity contribution in [1.82, 2.24) is 14.6 Å². The molecule has 0 atom stereocenters. The molecule has 2 heterocycles. The van der Waals surface area contributed by atoms with Crippen molar-refractivity contribution in [2.45, 2.75) is 83.7 Å². The summed E-state index contributed by atoms with van der Waals surface area (Å²) in [4.78, 5) is 17.3. The summed E-state index contributed by atoms with van der Waals surface area (Å²) in [5, 5.41) is 4.04. The zero-order valence-corrected chi connectivity index (χ0v) is 16.2. The summed E-state index contributed by atoms with van der Waals surface area (Å²) in [5.74, 6) is 0.194. The standard InChI is InChI=1S/C19H27N3O3S/c1-14-20-16(13-24-14)17-18(26-22-21-17)19(23)25-15-11-9-7-5-3-2-4-6-8-10-12-15/h13,15H,2-12H2,1H3. The molecular formula is C19H27N3O3S. The Bertz CT molecular complexity index is 686. The molecule has 142 valence electrons. The number of esters is 1. The minimum absolute atomic E-state index is 0.0177. The van der Waals surface area contributed by atoms with Crippen LogP contribution in [0.1, 0.15) is 86.2 Å². The van der Waals surface area contributed by atoms with E-state index in [2.05, 4.69) is 14.6 Å². The number of carbonyl (C=O) groups excluding carboxylic acids is 1. The number of rotatable bonds is 3. The molecule has 0 amide bonds. The number of aryl methyl sites for hydroxylation is 1. The third kappa shape index (κ3) is 5.37. The van der Waals surface area contributed by atoms with Crippen LogP contribution in [0.5, 0.6) is 0 Å². The molecule has 0 aromatic carbocycles. The van der Waals surface area contributed by atoms with Gasteiger partial charge in [-0.25, -0.2) is 9.78 Å². The van der Waals surface area contributed by atoms with Crippen molar-refractivity contribution in [3.05, 3.63) is 17.0 Å². The molecule has 1 aliphatic rings. The lowest BCUT2D eigenvalue weighted by atomic mass is 9.99. The number of ether oxygens (including phenoxy) is 1. The van der Waals surface area contributed by atoms with Gasteiger partial charge in [0.25, 0.3) is 0 Å². The Morgan fingerprint density at radius 3 is 2.27 bits per heavy atom. The molecule has 2 aromatic rings. The van der Waals surface area contributed by atoms with Crippen molar-refractivity contribution in [1.29, 1.82) is 0 Å². The maximum absolute atomic E-state index is 12.7. The summed E-state index contributed by atoms with van der Waals surface area (Å²) >= 11 is 1.06. The van der Waals surface area contributed by atoms with Crippen LogP contribution >= 0.6 is 11.5 Å². The van der Waals surface area contributed by atoms with E-state index in [1.807, 2.05) is 0 Å². The lowest BCUT2D eigenvalue weighted by Crippen LogP contribution is -2.18. The summed E-state index contributed by atoms with van der Waals surface area (Å²) in [7, 11) is 0.